The molecule has 1 fully saturated rings. The van der Waals surface area contributed by atoms with Crippen molar-refractivity contribution in [1.29, 1.82) is 0 Å². The van der Waals surface area contributed by atoms with Crippen LogP contribution in [0.1, 0.15) is 12.6 Å². The second-order valence-electron chi connectivity index (χ2n) is 4.53. The molecule has 1 aromatic rings. The lowest BCUT2D eigenvalue weighted by Gasteiger charge is -2.32. The zero-order valence-electron chi connectivity index (χ0n) is 10.3. The van der Waals surface area contributed by atoms with E-state index in [0.29, 0.717) is 10.8 Å². The Bertz CT molecular complexity index is 605. The molecule has 0 aliphatic carbocycles. The first kappa shape index (κ1) is 15.7. The normalized spacial score (nSPS) is 29.8. The van der Waals surface area contributed by atoms with Gasteiger partial charge in [-0.25, -0.2) is 9.18 Å². The van der Waals surface area contributed by atoms with Crippen LogP contribution in [-0.2, 0) is 4.74 Å². The van der Waals surface area contributed by atoms with Crippen molar-refractivity contribution in [3.05, 3.63) is 22.5 Å². The minimum Gasteiger partial charge on any atom is -0.393 e. The number of anilines is 1. The van der Waals surface area contributed by atoms with Gasteiger partial charge in [0.2, 0.25) is 5.60 Å². The number of aliphatic hydroxyl groups is 2. The largest absolute Gasteiger partial charge is 0.422 e. The summed E-state index contributed by atoms with van der Waals surface area (Å²) < 4.78 is 57.2. The molecule has 0 aromatic carbocycles. The van der Waals surface area contributed by atoms with Crippen LogP contribution in [-0.4, -0.2) is 44.3 Å². The van der Waals surface area contributed by atoms with Gasteiger partial charge in [-0.3, -0.25) is 4.57 Å². The van der Waals surface area contributed by atoms with Crippen LogP contribution in [0.3, 0.4) is 0 Å². The Morgan fingerprint density at radius 2 is 2.19 bits per heavy atom. The summed E-state index contributed by atoms with van der Waals surface area (Å²) in [7, 11) is 0. The molecule has 0 unspecified atom stereocenters. The molecule has 118 valence electrons. The smallest absolute Gasteiger partial charge is 0.393 e. The molecule has 1 saturated heterocycles. The molecule has 0 radical (unpaired) electrons. The lowest BCUT2D eigenvalue weighted by molar-refractivity contribution is -0.305. The van der Waals surface area contributed by atoms with Gasteiger partial charge in [0.05, 0.1) is 18.9 Å². The minimum absolute atomic E-state index is 0.443. The van der Waals surface area contributed by atoms with Crippen LogP contribution in [0.15, 0.2) is 11.0 Å². The molecule has 0 spiro atoms. The van der Waals surface area contributed by atoms with E-state index in [1.165, 1.54) is 0 Å². The molecule has 1 aromatic heterocycles. The van der Waals surface area contributed by atoms with E-state index in [-0.39, 0.29) is 0 Å². The van der Waals surface area contributed by atoms with Crippen molar-refractivity contribution < 1.29 is 32.5 Å². The first-order valence-electron chi connectivity index (χ1n) is 5.70. The summed E-state index contributed by atoms with van der Waals surface area (Å²) in [6, 6.07) is 0. The molecule has 2 heterocycles. The average molecular weight is 313 g/mol. The molecular formula is C10H11F4N3O4. The Kier molecular flexibility index (Phi) is 3.68. The second-order valence-corrected chi connectivity index (χ2v) is 4.53. The summed E-state index contributed by atoms with van der Waals surface area (Å²) in [5.41, 5.74) is 0.676. The fourth-order valence-corrected chi connectivity index (χ4v) is 2.07. The highest BCUT2D eigenvalue weighted by atomic mass is 19.4. The number of nitrogens with zero attached hydrogens (tertiary/aromatic N) is 2. The number of nitrogen functional groups attached to an aromatic ring is 1. The Balaban J connectivity index is 2.42. The van der Waals surface area contributed by atoms with Crippen molar-refractivity contribution in [3.8, 4) is 0 Å². The van der Waals surface area contributed by atoms with Gasteiger partial charge < -0.3 is 20.7 Å². The molecule has 0 saturated carbocycles. The molecule has 21 heavy (non-hydrogen) atoms. The maximum absolute atomic E-state index is 13.3. The summed E-state index contributed by atoms with van der Waals surface area (Å²) in [5.74, 6) is -1.83. The molecular weight excluding hydrogens is 302 g/mol. The van der Waals surface area contributed by atoms with Gasteiger partial charge in [0.15, 0.2) is 11.6 Å². The molecule has 4 N–H and O–H groups in total. The number of ether oxygens (including phenoxy) is 1. The third-order valence-corrected chi connectivity index (χ3v) is 3.27. The van der Waals surface area contributed by atoms with Gasteiger partial charge >= 0.3 is 11.9 Å². The third kappa shape index (κ3) is 2.36. The number of rotatable bonds is 2. The van der Waals surface area contributed by atoms with E-state index in [0.717, 1.165) is 0 Å². The summed E-state index contributed by atoms with van der Waals surface area (Å²) >= 11 is 0. The van der Waals surface area contributed by atoms with E-state index in [1.54, 1.807) is 0 Å². The number of aliphatic hydroxyl groups excluding tert-OH is 2. The SMILES string of the molecule is Nc1nc(=O)n([C@H]2C[C@H](O)[C@](CO)(C(F)(F)F)O2)cc1F. The molecule has 0 bridgehead atoms. The number of hydrogen-bond donors (Lipinski definition) is 3. The Labute approximate surface area is 114 Å². The van der Waals surface area contributed by atoms with Crippen LogP contribution in [0.25, 0.3) is 0 Å². The summed E-state index contributed by atoms with van der Waals surface area (Å²) in [5, 5.41) is 18.5. The van der Waals surface area contributed by atoms with E-state index < -0.39 is 54.5 Å². The monoisotopic (exact) mass is 313 g/mol. The Morgan fingerprint density at radius 3 is 2.67 bits per heavy atom. The van der Waals surface area contributed by atoms with Crippen molar-refractivity contribution in [2.45, 2.75) is 30.5 Å². The van der Waals surface area contributed by atoms with Crippen LogP contribution < -0.4 is 11.4 Å². The van der Waals surface area contributed by atoms with Gasteiger partial charge in [-0.15, -0.1) is 0 Å². The Morgan fingerprint density at radius 1 is 1.57 bits per heavy atom. The fraction of sp³-hybridized carbons (Fsp3) is 0.600. The third-order valence-electron chi connectivity index (χ3n) is 3.27. The zero-order valence-corrected chi connectivity index (χ0v) is 10.3. The molecule has 0 amide bonds. The number of nitrogens with two attached hydrogens (primary N) is 1. The number of alkyl halides is 3. The highest BCUT2D eigenvalue weighted by Gasteiger charge is 2.65. The standard InChI is InChI=1S/C10H11F4N3O4/c11-4-2-17(8(20)16-7(4)15)6-1-5(19)9(3-18,21-6)10(12,13)14/h2,5-6,18-19H,1,3H2,(H2,15,16,20)/t5-,6+,9+/m0/s1. The molecule has 2 rings (SSSR count). The van der Waals surface area contributed by atoms with Gasteiger partial charge in [0.1, 0.15) is 6.23 Å². The fourth-order valence-electron chi connectivity index (χ4n) is 2.07. The predicted octanol–water partition coefficient (Wildman–Crippen LogP) is -0.462. The first-order valence-corrected chi connectivity index (χ1v) is 5.70. The second kappa shape index (κ2) is 4.93. The maximum atomic E-state index is 13.3. The van der Waals surface area contributed by atoms with Crippen LogP contribution in [0.2, 0.25) is 0 Å². The number of hydrogen-bond acceptors (Lipinski definition) is 6. The van der Waals surface area contributed by atoms with E-state index >= 15 is 0 Å². The van der Waals surface area contributed by atoms with E-state index in [2.05, 4.69) is 9.72 Å². The highest BCUT2D eigenvalue weighted by Crippen LogP contribution is 2.46. The van der Waals surface area contributed by atoms with Crippen LogP contribution in [0.4, 0.5) is 23.4 Å². The molecule has 7 nitrogen and oxygen atoms in total. The quantitative estimate of drug-likeness (QED) is 0.637. The predicted molar refractivity (Wildman–Crippen MR) is 59.5 cm³/mol. The van der Waals surface area contributed by atoms with Gasteiger partial charge in [0, 0.05) is 6.42 Å². The van der Waals surface area contributed by atoms with Gasteiger partial charge in [-0.05, 0) is 0 Å². The van der Waals surface area contributed by atoms with Crippen LogP contribution in [0, 0.1) is 5.82 Å². The van der Waals surface area contributed by atoms with Crippen LogP contribution in [0.5, 0.6) is 0 Å². The molecule has 3 atom stereocenters. The summed E-state index contributed by atoms with van der Waals surface area (Å²) in [4.78, 5) is 14.6. The average Bonchev–Trinajstić information content (AvgIpc) is 2.71. The number of aromatic nitrogens is 2. The van der Waals surface area contributed by atoms with Gasteiger partial charge in [0.25, 0.3) is 0 Å². The van der Waals surface area contributed by atoms with Crippen molar-refractivity contribution >= 4 is 5.82 Å². The maximum Gasteiger partial charge on any atom is 0.422 e. The van der Waals surface area contributed by atoms with E-state index in [9.17, 15) is 27.5 Å². The lowest BCUT2D eigenvalue weighted by Crippen LogP contribution is -2.55. The minimum atomic E-state index is -5.08. The molecule has 1 aliphatic heterocycles. The topological polar surface area (TPSA) is 111 Å². The lowest BCUT2D eigenvalue weighted by atomic mass is 9.97. The van der Waals surface area contributed by atoms with Crippen LogP contribution >= 0.6 is 0 Å². The summed E-state index contributed by atoms with van der Waals surface area (Å²) in [6.07, 6.45) is -8.99. The van der Waals surface area contributed by atoms with E-state index in [4.69, 9.17) is 10.8 Å². The Hall–Kier alpha value is -1.72. The summed E-state index contributed by atoms with van der Waals surface area (Å²) in [6.45, 7) is -1.55. The molecule has 11 heteroatoms. The molecule has 1 aliphatic rings. The highest BCUT2D eigenvalue weighted by molar-refractivity contribution is 5.26. The van der Waals surface area contributed by atoms with Gasteiger partial charge in [-0.1, -0.05) is 0 Å². The first-order chi connectivity index (χ1) is 9.62. The number of halogens is 4. The van der Waals surface area contributed by atoms with Crippen molar-refractivity contribution in [2.24, 2.45) is 0 Å². The van der Waals surface area contributed by atoms with Gasteiger partial charge in [-0.2, -0.15) is 18.2 Å². The zero-order chi connectivity index (χ0) is 16.0. The van der Waals surface area contributed by atoms with Crippen molar-refractivity contribution in [2.75, 3.05) is 12.3 Å². The van der Waals surface area contributed by atoms with Crippen molar-refractivity contribution in [3.63, 3.8) is 0 Å². The van der Waals surface area contributed by atoms with E-state index in [1.807, 2.05) is 0 Å². The van der Waals surface area contributed by atoms with Crippen molar-refractivity contribution in [1.82, 2.24) is 9.55 Å².